The molecule has 2 saturated heterocycles. The zero-order valence-corrected chi connectivity index (χ0v) is 38.4. The van der Waals surface area contributed by atoms with Crippen LogP contribution in [0.5, 0.6) is 0 Å². The first kappa shape index (κ1) is 45.1. The van der Waals surface area contributed by atoms with E-state index in [-0.39, 0.29) is 35.0 Å². The first-order valence-electron chi connectivity index (χ1n) is 21.9. The first-order chi connectivity index (χ1) is 31.3. The van der Waals surface area contributed by atoms with Crippen LogP contribution in [0.2, 0.25) is 10.0 Å². The van der Waals surface area contributed by atoms with Gasteiger partial charge in [-0.2, -0.15) is 9.97 Å². The van der Waals surface area contributed by atoms with E-state index in [1.165, 1.54) is 18.6 Å². The largest absolute Gasteiger partial charge is 0.359 e. The molecule has 2 aromatic carbocycles. The van der Waals surface area contributed by atoms with Gasteiger partial charge in [-0.15, -0.1) is 0 Å². The van der Waals surface area contributed by atoms with Crippen molar-refractivity contribution in [3.63, 3.8) is 0 Å². The molecule has 6 aromatic rings. The van der Waals surface area contributed by atoms with E-state index in [9.17, 15) is 19.2 Å². The molecule has 338 valence electrons. The van der Waals surface area contributed by atoms with E-state index in [0.29, 0.717) is 68.9 Å². The van der Waals surface area contributed by atoms with Crippen molar-refractivity contribution in [2.45, 2.75) is 58.4 Å². The highest BCUT2D eigenvalue weighted by Gasteiger charge is 2.23. The molecule has 2 aliphatic heterocycles. The van der Waals surface area contributed by atoms with E-state index < -0.39 is 5.91 Å². The van der Waals surface area contributed by atoms with Crippen LogP contribution < -0.4 is 42.2 Å². The Bertz CT molecular complexity index is 2940. The fourth-order valence-corrected chi connectivity index (χ4v) is 8.61. The number of fused-ring (bicyclic) bond motifs is 2. The number of nitrogens with zero attached hydrogens (tertiary/aromatic N) is 8. The molecule has 0 spiro atoms. The summed E-state index contributed by atoms with van der Waals surface area (Å²) in [4.78, 5) is 75.0. The lowest BCUT2D eigenvalue weighted by molar-refractivity contribution is -0.120. The Balaban J connectivity index is 1.01. The lowest BCUT2D eigenvalue weighted by atomic mass is 10.00. The zero-order chi connectivity index (χ0) is 45.8. The molecule has 0 unspecified atom stereocenters. The maximum absolute atomic E-state index is 13.5. The van der Waals surface area contributed by atoms with Crippen LogP contribution in [-0.4, -0.2) is 74.1 Å². The summed E-state index contributed by atoms with van der Waals surface area (Å²) in [7, 11) is 4.97. The maximum Gasteiger partial charge on any atom is 0.258 e. The lowest BCUT2D eigenvalue weighted by Gasteiger charge is -2.31. The molecule has 0 bridgehead atoms. The quantitative estimate of drug-likeness (QED) is 0.0872. The molecule has 18 heteroatoms. The normalized spacial score (nSPS) is 14.6. The summed E-state index contributed by atoms with van der Waals surface area (Å²) in [5.74, 6) is 1.95. The Hall–Kier alpha value is -6.52. The van der Waals surface area contributed by atoms with Gasteiger partial charge >= 0.3 is 0 Å². The molecular formula is C47H52Cl2N12O4. The summed E-state index contributed by atoms with van der Waals surface area (Å²) in [6.07, 6.45) is 10.3. The number of piperidine rings is 2. The van der Waals surface area contributed by atoms with Crippen molar-refractivity contribution >= 4 is 97.8 Å². The summed E-state index contributed by atoms with van der Waals surface area (Å²) in [6.45, 7) is 5.55. The van der Waals surface area contributed by atoms with Crippen molar-refractivity contribution in [3.8, 4) is 0 Å². The Kier molecular flexibility index (Phi) is 13.7. The van der Waals surface area contributed by atoms with Gasteiger partial charge in [0.25, 0.3) is 11.1 Å². The molecule has 6 heterocycles. The van der Waals surface area contributed by atoms with Gasteiger partial charge in [0, 0.05) is 93.1 Å². The summed E-state index contributed by atoms with van der Waals surface area (Å²) in [5, 5.41) is 14.4. The average Bonchev–Trinajstić information content (AvgIpc) is 3.31. The van der Waals surface area contributed by atoms with E-state index in [0.717, 1.165) is 73.8 Å². The number of aromatic nitrogens is 6. The fourth-order valence-electron chi connectivity index (χ4n) is 8.28. The SMILES string of the molecule is CNC(=O)CCc1cc2cc(Nc3nc(N4CCC(C)CC4)nc(CNC(=O)/C=C/c4cc5cc(Nc6nc(N7CCCCC7)ncc6Cl)ccc5n(C)c4=O)c3Cl)ccc2n(C)c1=O. The third kappa shape index (κ3) is 10.2. The van der Waals surface area contributed by atoms with Crippen molar-refractivity contribution in [3.05, 3.63) is 108 Å². The average molecular weight is 920 g/mol. The number of anilines is 6. The van der Waals surface area contributed by atoms with Gasteiger partial charge in [0.15, 0.2) is 11.6 Å². The van der Waals surface area contributed by atoms with Crippen molar-refractivity contribution in [1.29, 1.82) is 0 Å². The fraction of sp³-hybridized carbons (Fsp3) is 0.362. The maximum atomic E-state index is 13.5. The number of amides is 2. The highest BCUT2D eigenvalue weighted by Crippen LogP contribution is 2.32. The van der Waals surface area contributed by atoms with Gasteiger partial charge in [0.05, 0.1) is 29.5 Å². The molecule has 0 saturated carbocycles. The molecule has 0 atom stereocenters. The van der Waals surface area contributed by atoms with Crippen molar-refractivity contribution < 1.29 is 9.59 Å². The van der Waals surface area contributed by atoms with Crippen LogP contribution in [-0.2, 0) is 36.6 Å². The minimum atomic E-state index is -0.449. The highest BCUT2D eigenvalue weighted by atomic mass is 35.5. The van der Waals surface area contributed by atoms with Gasteiger partial charge in [0.1, 0.15) is 10.0 Å². The number of benzene rings is 2. The smallest absolute Gasteiger partial charge is 0.258 e. The summed E-state index contributed by atoms with van der Waals surface area (Å²) in [6, 6.07) is 14.8. The minimum Gasteiger partial charge on any atom is -0.359 e. The molecule has 0 aliphatic carbocycles. The predicted octanol–water partition coefficient (Wildman–Crippen LogP) is 7.00. The van der Waals surface area contributed by atoms with E-state index >= 15 is 0 Å². The van der Waals surface area contributed by atoms with Crippen LogP contribution in [0.25, 0.3) is 27.9 Å². The van der Waals surface area contributed by atoms with Gasteiger partial charge in [-0.05, 0) is 99.0 Å². The molecule has 2 fully saturated rings. The number of carbonyl (C=O) groups is 2. The lowest BCUT2D eigenvalue weighted by Crippen LogP contribution is -2.34. The summed E-state index contributed by atoms with van der Waals surface area (Å²) < 4.78 is 3.13. The number of carbonyl (C=O) groups excluding carboxylic acids is 2. The number of hydrogen-bond donors (Lipinski definition) is 4. The van der Waals surface area contributed by atoms with Crippen LogP contribution in [0.1, 0.15) is 62.3 Å². The van der Waals surface area contributed by atoms with Crippen LogP contribution in [0.15, 0.2) is 70.4 Å². The van der Waals surface area contributed by atoms with Crippen LogP contribution in [0, 0.1) is 5.92 Å². The topological polar surface area (TPSA) is 184 Å². The van der Waals surface area contributed by atoms with Gasteiger partial charge in [-0.1, -0.05) is 30.1 Å². The van der Waals surface area contributed by atoms with Crippen molar-refractivity contribution in [2.24, 2.45) is 20.0 Å². The Morgan fingerprint density at radius 3 is 2.11 bits per heavy atom. The minimum absolute atomic E-state index is 0.0131. The molecule has 16 nitrogen and oxygen atoms in total. The third-order valence-corrected chi connectivity index (χ3v) is 12.8. The predicted molar refractivity (Wildman–Crippen MR) is 259 cm³/mol. The Morgan fingerprint density at radius 1 is 0.785 bits per heavy atom. The van der Waals surface area contributed by atoms with Crippen LogP contribution in [0.4, 0.5) is 34.9 Å². The number of aryl methyl sites for hydroxylation is 3. The van der Waals surface area contributed by atoms with Gasteiger partial charge < -0.3 is 40.2 Å². The third-order valence-electron chi connectivity index (χ3n) is 12.2. The Labute approximate surface area is 386 Å². The molecule has 8 rings (SSSR count). The van der Waals surface area contributed by atoms with Gasteiger partial charge in [-0.25, -0.2) is 9.97 Å². The van der Waals surface area contributed by atoms with E-state index in [2.05, 4.69) is 43.0 Å². The molecular weight excluding hydrogens is 868 g/mol. The number of pyridine rings is 2. The molecule has 65 heavy (non-hydrogen) atoms. The van der Waals surface area contributed by atoms with Gasteiger partial charge in [0.2, 0.25) is 23.7 Å². The van der Waals surface area contributed by atoms with Gasteiger partial charge in [-0.3, -0.25) is 19.2 Å². The molecule has 4 N–H and O–H groups in total. The van der Waals surface area contributed by atoms with Crippen molar-refractivity contribution in [1.82, 2.24) is 39.7 Å². The first-order valence-corrected chi connectivity index (χ1v) is 22.7. The standard InChI is InChI=1S/C47H52Cl2N12O4/c1-28-16-20-61(21-17-28)47-55-36(41(49)43(57-47)54-34-11-13-38-32(25-34)22-29(44(64)58(38)3)8-14-39(62)50-2)27-51-40(63)15-9-30-23-31-24-33(10-12-37(31)59(4)45(30)65)53-42-35(48)26-52-46(56-42)60-18-6-5-7-19-60/h9-13,15,22-26,28H,5-8,14,16-21,27H2,1-4H3,(H,50,62)(H,51,63)(H,52,53,56)(H,54,55,57)/b15-9+. The van der Waals surface area contributed by atoms with Crippen LogP contribution in [0.3, 0.4) is 0 Å². The second-order valence-corrected chi connectivity index (χ2v) is 17.5. The number of hydrogen-bond acceptors (Lipinski definition) is 12. The second kappa shape index (κ2) is 19.7. The molecule has 2 amide bonds. The number of nitrogens with one attached hydrogen (secondary N) is 4. The van der Waals surface area contributed by atoms with E-state index in [1.807, 2.05) is 42.5 Å². The zero-order valence-electron chi connectivity index (χ0n) is 36.9. The molecule has 0 radical (unpaired) electrons. The molecule has 4 aromatic heterocycles. The van der Waals surface area contributed by atoms with Crippen LogP contribution >= 0.6 is 23.2 Å². The molecule has 2 aliphatic rings. The highest BCUT2D eigenvalue weighted by molar-refractivity contribution is 6.34. The summed E-state index contributed by atoms with van der Waals surface area (Å²) in [5.41, 5.74) is 3.67. The monoisotopic (exact) mass is 918 g/mol. The van der Waals surface area contributed by atoms with Crippen molar-refractivity contribution in [2.75, 3.05) is 53.7 Å². The number of rotatable bonds is 13. The number of halogens is 2. The summed E-state index contributed by atoms with van der Waals surface area (Å²) >= 11 is 13.5. The second-order valence-electron chi connectivity index (χ2n) is 16.7. The van der Waals surface area contributed by atoms with E-state index in [4.69, 9.17) is 38.2 Å². The Morgan fingerprint density at radius 2 is 1.42 bits per heavy atom. The van der Waals surface area contributed by atoms with E-state index in [1.54, 1.807) is 42.5 Å².